The number of hydrogen-bond acceptors (Lipinski definition) is 2. The summed E-state index contributed by atoms with van der Waals surface area (Å²) in [5.74, 6) is 0.966. The summed E-state index contributed by atoms with van der Waals surface area (Å²) in [4.78, 5) is 2.60. The van der Waals surface area contributed by atoms with Crippen molar-refractivity contribution in [3.05, 3.63) is 0 Å². The highest BCUT2D eigenvalue weighted by Gasteiger charge is 2.21. The molecule has 1 atom stereocenters. The predicted molar refractivity (Wildman–Crippen MR) is 76.4 cm³/mol. The van der Waals surface area contributed by atoms with Crippen molar-refractivity contribution >= 4 is 0 Å². The quantitative estimate of drug-likeness (QED) is 0.735. The monoisotopic (exact) mass is 240 g/mol. The summed E-state index contributed by atoms with van der Waals surface area (Å²) in [6.45, 7) is 9.25. The van der Waals surface area contributed by atoms with Gasteiger partial charge in [0.15, 0.2) is 0 Å². The zero-order valence-electron chi connectivity index (χ0n) is 12.3. The average molecular weight is 240 g/mol. The summed E-state index contributed by atoms with van der Waals surface area (Å²) in [6, 6.07) is 1.54. The lowest BCUT2D eigenvalue weighted by Crippen LogP contribution is -2.36. The highest BCUT2D eigenvalue weighted by atomic mass is 15.1. The SMILES string of the molecule is CCNC(C)CCCN(C)C1CCC(C)CC1. The topological polar surface area (TPSA) is 15.3 Å². The fourth-order valence-corrected chi connectivity index (χ4v) is 2.96. The minimum absolute atomic E-state index is 0.680. The van der Waals surface area contributed by atoms with Crippen LogP contribution in [0.1, 0.15) is 59.3 Å². The largest absolute Gasteiger partial charge is 0.315 e. The molecule has 0 aliphatic heterocycles. The van der Waals surface area contributed by atoms with Crippen molar-refractivity contribution in [1.82, 2.24) is 10.2 Å². The lowest BCUT2D eigenvalue weighted by molar-refractivity contribution is 0.167. The highest BCUT2D eigenvalue weighted by Crippen LogP contribution is 2.26. The Bertz CT molecular complexity index is 185. The third-order valence-corrected chi connectivity index (χ3v) is 4.31. The molecule has 1 N–H and O–H groups in total. The van der Waals surface area contributed by atoms with Crippen LogP contribution < -0.4 is 5.32 Å². The van der Waals surface area contributed by atoms with E-state index in [1.165, 1.54) is 45.1 Å². The first-order chi connectivity index (χ1) is 8.13. The molecule has 0 aromatic heterocycles. The van der Waals surface area contributed by atoms with Gasteiger partial charge in [0.1, 0.15) is 0 Å². The van der Waals surface area contributed by atoms with E-state index in [2.05, 4.69) is 38.0 Å². The third kappa shape index (κ3) is 5.87. The summed E-state index contributed by atoms with van der Waals surface area (Å²) < 4.78 is 0. The lowest BCUT2D eigenvalue weighted by atomic mass is 9.86. The van der Waals surface area contributed by atoms with Gasteiger partial charge >= 0.3 is 0 Å². The van der Waals surface area contributed by atoms with Crippen molar-refractivity contribution < 1.29 is 0 Å². The Morgan fingerprint density at radius 2 is 1.88 bits per heavy atom. The van der Waals surface area contributed by atoms with Crippen molar-refractivity contribution in [3.8, 4) is 0 Å². The molecule has 17 heavy (non-hydrogen) atoms. The molecule has 0 aromatic carbocycles. The molecule has 1 fully saturated rings. The molecule has 2 heteroatoms. The van der Waals surface area contributed by atoms with E-state index < -0.39 is 0 Å². The lowest BCUT2D eigenvalue weighted by Gasteiger charge is -2.33. The first-order valence-corrected chi connectivity index (χ1v) is 7.57. The van der Waals surface area contributed by atoms with Gasteiger partial charge in [-0.05, 0) is 71.5 Å². The molecule has 102 valence electrons. The molecule has 1 rings (SSSR count). The second-order valence-electron chi connectivity index (χ2n) is 6.00. The minimum Gasteiger partial charge on any atom is -0.315 e. The van der Waals surface area contributed by atoms with E-state index in [1.807, 2.05) is 0 Å². The van der Waals surface area contributed by atoms with Gasteiger partial charge in [-0.1, -0.05) is 13.8 Å². The number of nitrogens with one attached hydrogen (secondary N) is 1. The van der Waals surface area contributed by atoms with Crippen molar-refractivity contribution in [1.29, 1.82) is 0 Å². The first-order valence-electron chi connectivity index (χ1n) is 7.57. The Hall–Kier alpha value is -0.0800. The average Bonchev–Trinajstić information content (AvgIpc) is 2.30. The molecule has 1 saturated carbocycles. The van der Waals surface area contributed by atoms with Crippen LogP contribution in [0.2, 0.25) is 0 Å². The third-order valence-electron chi connectivity index (χ3n) is 4.31. The molecule has 0 spiro atoms. The Morgan fingerprint density at radius 1 is 1.24 bits per heavy atom. The van der Waals surface area contributed by atoms with E-state index in [9.17, 15) is 0 Å². The van der Waals surface area contributed by atoms with E-state index >= 15 is 0 Å². The molecule has 2 nitrogen and oxygen atoms in total. The van der Waals surface area contributed by atoms with Crippen molar-refractivity contribution in [3.63, 3.8) is 0 Å². The maximum absolute atomic E-state index is 3.49. The van der Waals surface area contributed by atoms with Gasteiger partial charge in [0.25, 0.3) is 0 Å². The second kappa shape index (κ2) is 8.10. The molecule has 0 aromatic rings. The van der Waals surface area contributed by atoms with Crippen LogP contribution in [0.25, 0.3) is 0 Å². The second-order valence-corrected chi connectivity index (χ2v) is 6.00. The van der Waals surface area contributed by atoms with Crippen LogP contribution in [0.3, 0.4) is 0 Å². The molecule has 0 bridgehead atoms. The fraction of sp³-hybridized carbons (Fsp3) is 1.00. The minimum atomic E-state index is 0.680. The number of rotatable bonds is 7. The molecule has 0 radical (unpaired) electrons. The van der Waals surface area contributed by atoms with Crippen LogP contribution in [-0.4, -0.2) is 37.1 Å². The summed E-state index contributed by atoms with van der Waals surface area (Å²) >= 11 is 0. The zero-order chi connectivity index (χ0) is 12.7. The van der Waals surface area contributed by atoms with Gasteiger partial charge in [-0.3, -0.25) is 0 Å². The molecule has 1 aliphatic rings. The van der Waals surface area contributed by atoms with Crippen molar-refractivity contribution in [2.75, 3.05) is 20.1 Å². The normalized spacial score (nSPS) is 27.4. The van der Waals surface area contributed by atoms with Gasteiger partial charge in [-0.15, -0.1) is 0 Å². The van der Waals surface area contributed by atoms with E-state index in [0.717, 1.165) is 18.5 Å². The molecule has 0 amide bonds. The van der Waals surface area contributed by atoms with Gasteiger partial charge in [-0.25, -0.2) is 0 Å². The molecule has 1 aliphatic carbocycles. The van der Waals surface area contributed by atoms with Gasteiger partial charge in [0.2, 0.25) is 0 Å². The predicted octanol–water partition coefficient (Wildman–Crippen LogP) is 3.28. The van der Waals surface area contributed by atoms with E-state index in [4.69, 9.17) is 0 Å². The van der Waals surface area contributed by atoms with Crippen LogP contribution in [0, 0.1) is 5.92 Å². The Morgan fingerprint density at radius 3 is 2.47 bits per heavy atom. The van der Waals surface area contributed by atoms with Crippen LogP contribution in [-0.2, 0) is 0 Å². The maximum atomic E-state index is 3.49. The summed E-state index contributed by atoms with van der Waals surface area (Å²) in [5, 5.41) is 3.49. The fourth-order valence-electron chi connectivity index (χ4n) is 2.96. The number of nitrogens with zero attached hydrogens (tertiary/aromatic N) is 1. The highest BCUT2D eigenvalue weighted by molar-refractivity contribution is 4.76. The van der Waals surface area contributed by atoms with E-state index in [-0.39, 0.29) is 0 Å². The maximum Gasteiger partial charge on any atom is 0.00924 e. The zero-order valence-corrected chi connectivity index (χ0v) is 12.3. The Balaban J connectivity index is 2.10. The van der Waals surface area contributed by atoms with Gasteiger partial charge in [0.05, 0.1) is 0 Å². The van der Waals surface area contributed by atoms with Crippen LogP contribution >= 0.6 is 0 Å². The van der Waals surface area contributed by atoms with Gasteiger partial charge < -0.3 is 10.2 Å². The van der Waals surface area contributed by atoms with Crippen LogP contribution in [0.15, 0.2) is 0 Å². The molecule has 0 saturated heterocycles. The molecular formula is C15H32N2. The standard InChI is InChI=1S/C15H32N2/c1-5-16-14(3)7-6-12-17(4)15-10-8-13(2)9-11-15/h13-16H,5-12H2,1-4H3. The van der Waals surface area contributed by atoms with Gasteiger partial charge in [0, 0.05) is 12.1 Å². The summed E-state index contributed by atoms with van der Waals surface area (Å²) in [6.07, 6.45) is 8.34. The van der Waals surface area contributed by atoms with E-state index in [0.29, 0.717) is 6.04 Å². The van der Waals surface area contributed by atoms with Crippen molar-refractivity contribution in [2.45, 2.75) is 71.4 Å². The summed E-state index contributed by atoms with van der Waals surface area (Å²) in [5.41, 5.74) is 0. The van der Waals surface area contributed by atoms with Crippen LogP contribution in [0.4, 0.5) is 0 Å². The van der Waals surface area contributed by atoms with Crippen molar-refractivity contribution in [2.24, 2.45) is 5.92 Å². The van der Waals surface area contributed by atoms with Gasteiger partial charge in [-0.2, -0.15) is 0 Å². The van der Waals surface area contributed by atoms with E-state index in [1.54, 1.807) is 0 Å². The smallest absolute Gasteiger partial charge is 0.00924 e. The summed E-state index contributed by atoms with van der Waals surface area (Å²) in [7, 11) is 2.32. The Kier molecular flexibility index (Phi) is 7.14. The molecule has 0 heterocycles. The number of hydrogen-bond donors (Lipinski definition) is 1. The molecular weight excluding hydrogens is 208 g/mol. The molecule has 1 unspecified atom stereocenters. The Labute approximate surface area is 108 Å². The van der Waals surface area contributed by atoms with Crippen LogP contribution in [0.5, 0.6) is 0 Å². The first kappa shape index (κ1) is 15.0.